The summed E-state index contributed by atoms with van der Waals surface area (Å²) in [7, 11) is 0. The summed E-state index contributed by atoms with van der Waals surface area (Å²) >= 11 is 0. The number of hydrogen-bond acceptors (Lipinski definition) is 4. The van der Waals surface area contributed by atoms with Gasteiger partial charge in [-0.15, -0.1) is 0 Å². The summed E-state index contributed by atoms with van der Waals surface area (Å²) in [5, 5.41) is 4.59. The number of carbonyl (C=O) groups is 4. The van der Waals surface area contributed by atoms with Crippen molar-refractivity contribution in [3.63, 3.8) is 0 Å². The highest BCUT2D eigenvalue weighted by Crippen LogP contribution is 2.08. The molecule has 4 N–H and O–H groups in total. The van der Waals surface area contributed by atoms with Gasteiger partial charge in [0.2, 0.25) is 23.6 Å². The molecule has 0 aromatic rings. The molecule has 1 fully saturated rings. The molecule has 8 nitrogen and oxygen atoms in total. The number of hydrogen-bond donors (Lipinski definition) is 3. The van der Waals surface area contributed by atoms with Gasteiger partial charge in [0, 0.05) is 13.0 Å². The zero-order valence-electron chi connectivity index (χ0n) is 9.90. The van der Waals surface area contributed by atoms with Crippen molar-refractivity contribution in [3.8, 4) is 0 Å². The van der Waals surface area contributed by atoms with Gasteiger partial charge >= 0.3 is 0 Å². The Balaban J connectivity index is 2.18. The molecule has 0 saturated carbocycles. The normalized spacial score (nSPS) is 14.4. The van der Waals surface area contributed by atoms with E-state index in [4.69, 9.17) is 5.73 Å². The Labute approximate surface area is 104 Å². The third-order valence-corrected chi connectivity index (χ3v) is 2.41. The van der Waals surface area contributed by atoms with Crippen LogP contribution in [0.4, 0.5) is 0 Å². The molecule has 1 aliphatic heterocycles. The SMILES string of the molecule is NC(=O)CNC(=O)CNC(=O)CN1CCCC1=O. The van der Waals surface area contributed by atoms with Crippen molar-refractivity contribution in [2.45, 2.75) is 12.8 Å². The smallest absolute Gasteiger partial charge is 0.240 e. The van der Waals surface area contributed by atoms with Gasteiger partial charge in [0.15, 0.2) is 0 Å². The molecule has 4 amide bonds. The van der Waals surface area contributed by atoms with Crippen LogP contribution in [0.2, 0.25) is 0 Å². The van der Waals surface area contributed by atoms with Crippen LogP contribution in [0.15, 0.2) is 0 Å². The van der Waals surface area contributed by atoms with Crippen LogP contribution in [-0.2, 0) is 19.2 Å². The molecular formula is C10H16N4O4. The maximum Gasteiger partial charge on any atom is 0.240 e. The largest absolute Gasteiger partial charge is 0.368 e. The van der Waals surface area contributed by atoms with Crippen molar-refractivity contribution in [2.24, 2.45) is 5.73 Å². The Morgan fingerprint density at radius 3 is 2.39 bits per heavy atom. The minimum absolute atomic E-state index is 0.0397. The number of nitrogens with two attached hydrogens (primary N) is 1. The van der Waals surface area contributed by atoms with E-state index in [2.05, 4.69) is 10.6 Å². The molecule has 0 aromatic carbocycles. The van der Waals surface area contributed by atoms with Crippen LogP contribution < -0.4 is 16.4 Å². The van der Waals surface area contributed by atoms with Crippen molar-refractivity contribution in [1.82, 2.24) is 15.5 Å². The second kappa shape index (κ2) is 6.58. The molecule has 0 spiro atoms. The average molecular weight is 256 g/mol. The summed E-state index contributed by atoms with van der Waals surface area (Å²) in [4.78, 5) is 45.6. The van der Waals surface area contributed by atoms with Gasteiger partial charge in [0.25, 0.3) is 0 Å². The Hall–Kier alpha value is -2.12. The van der Waals surface area contributed by atoms with Gasteiger partial charge in [-0.3, -0.25) is 19.2 Å². The molecule has 1 heterocycles. The van der Waals surface area contributed by atoms with E-state index in [1.54, 1.807) is 0 Å². The van der Waals surface area contributed by atoms with Gasteiger partial charge in [-0.1, -0.05) is 0 Å². The number of rotatable bonds is 6. The lowest BCUT2D eigenvalue weighted by atomic mass is 10.4. The number of nitrogens with zero attached hydrogens (tertiary/aromatic N) is 1. The molecule has 0 atom stereocenters. The molecule has 0 radical (unpaired) electrons. The topological polar surface area (TPSA) is 122 Å². The number of nitrogens with one attached hydrogen (secondary N) is 2. The summed E-state index contributed by atoms with van der Waals surface area (Å²) in [6.07, 6.45) is 1.22. The minimum atomic E-state index is -0.655. The summed E-state index contributed by atoms with van der Waals surface area (Å²) < 4.78 is 0. The summed E-state index contributed by atoms with van der Waals surface area (Å²) in [5.74, 6) is -1.62. The number of primary amides is 1. The Bertz CT molecular complexity index is 369. The van der Waals surface area contributed by atoms with E-state index >= 15 is 0 Å². The summed E-state index contributed by atoms with van der Waals surface area (Å²) in [6.45, 7) is 0.0233. The predicted octanol–water partition coefficient (Wildman–Crippen LogP) is -2.67. The van der Waals surface area contributed by atoms with Gasteiger partial charge in [0.1, 0.15) is 0 Å². The Morgan fingerprint density at radius 2 is 1.83 bits per heavy atom. The molecule has 0 aliphatic carbocycles. The lowest BCUT2D eigenvalue weighted by Gasteiger charge is -2.14. The molecule has 1 aliphatic rings. The van der Waals surface area contributed by atoms with Crippen LogP contribution in [-0.4, -0.2) is 54.7 Å². The Kier molecular flexibility index (Phi) is 5.09. The quantitative estimate of drug-likeness (QED) is 0.479. The highest BCUT2D eigenvalue weighted by Gasteiger charge is 2.22. The van der Waals surface area contributed by atoms with Crippen LogP contribution in [0.3, 0.4) is 0 Å². The van der Waals surface area contributed by atoms with Crippen molar-refractivity contribution >= 4 is 23.6 Å². The van der Waals surface area contributed by atoms with Gasteiger partial charge in [0.05, 0.1) is 19.6 Å². The van der Waals surface area contributed by atoms with Gasteiger partial charge in [-0.25, -0.2) is 0 Å². The van der Waals surface area contributed by atoms with Gasteiger partial charge in [-0.05, 0) is 6.42 Å². The lowest BCUT2D eigenvalue weighted by Crippen LogP contribution is -2.43. The first-order chi connectivity index (χ1) is 8.49. The van der Waals surface area contributed by atoms with Crippen molar-refractivity contribution < 1.29 is 19.2 Å². The minimum Gasteiger partial charge on any atom is -0.368 e. The molecule has 100 valence electrons. The maximum atomic E-state index is 11.4. The van der Waals surface area contributed by atoms with Crippen molar-refractivity contribution in [3.05, 3.63) is 0 Å². The molecular weight excluding hydrogens is 240 g/mol. The second-order valence-corrected chi connectivity index (χ2v) is 3.94. The predicted molar refractivity (Wildman–Crippen MR) is 61.0 cm³/mol. The van der Waals surface area contributed by atoms with Crippen LogP contribution >= 0.6 is 0 Å². The molecule has 1 rings (SSSR count). The van der Waals surface area contributed by atoms with E-state index in [1.165, 1.54) is 4.90 Å². The molecule has 0 unspecified atom stereocenters. The first-order valence-electron chi connectivity index (χ1n) is 5.58. The van der Waals surface area contributed by atoms with Crippen LogP contribution in [0.1, 0.15) is 12.8 Å². The maximum absolute atomic E-state index is 11.4. The molecule has 0 aromatic heterocycles. The second-order valence-electron chi connectivity index (χ2n) is 3.94. The number of carbonyl (C=O) groups excluding carboxylic acids is 4. The fraction of sp³-hybridized carbons (Fsp3) is 0.600. The highest BCUT2D eigenvalue weighted by molar-refractivity contribution is 5.90. The molecule has 0 bridgehead atoms. The highest BCUT2D eigenvalue weighted by atomic mass is 16.2. The zero-order chi connectivity index (χ0) is 13.5. The lowest BCUT2D eigenvalue weighted by molar-refractivity contribution is -0.133. The van der Waals surface area contributed by atoms with Crippen LogP contribution in [0.25, 0.3) is 0 Å². The monoisotopic (exact) mass is 256 g/mol. The number of likely N-dealkylation sites (tertiary alicyclic amines) is 1. The Morgan fingerprint density at radius 1 is 1.17 bits per heavy atom. The van der Waals surface area contributed by atoms with Crippen molar-refractivity contribution in [1.29, 1.82) is 0 Å². The fourth-order valence-corrected chi connectivity index (χ4v) is 1.53. The van der Waals surface area contributed by atoms with Crippen LogP contribution in [0, 0.1) is 0 Å². The molecule has 8 heteroatoms. The van der Waals surface area contributed by atoms with E-state index in [-0.39, 0.29) is 25.5 Å². The molecule has 1 saturated heterocycles. The van der Waals surface area contributed by atoms with E-state index < -0.39 is 17.7 Å². The summed E-state index contributed by atoms with van der Waals surface area (Å²) in [6, 6.07) is 0. The van der Waals surface area contributed by atoms with E-state index in [1.807, 2.05) is 0 Å². The van der Waals surface area contributed by atoms with E-state index in [9.17, 15) is 19.2 Å². The number of amides is 4. The standard InChI is InChI=1S/C10H16N4O4/c11-7(15)4-12-8(16)5-13-9(17)6-14-3-1-2-10(14)18/h1-6H2,(H2,11,15)(H,12,16)(H,13,17). The first kappa shape index (κ1) is 13.9. The third-order valence-electron chi connectivity index (χ3n) is 2.41. The summed E-state index contributed by atoms with van der Waals surface area (Å²) in [5.41, 5.74) is 4.84. The van der Waals surface area contributed by atoms with Crippen LogP contribution in [0.5, 0.6) is 0 Å². The van der Waals surface area contributed by atoms with E-state index in [0.29, 0.717) is 13.0 Å². The van der Waals surface area contributed by atoms with Crippen molar-refractivity contribution in [2.75, 3.05) is 26.2 Å². The van der Waals surface area contributed by atoms with Gasteiger partial charge in [-0.2, -0.15) is 0 Å². The fourth-order valence-electron chi connectivity index (χ4n) is 1.53. The van der Waals surface area contributed by atoms with Gasteiger partial charge < -0.3 is 21.3 Å². The average Bonchev–Trinajstić information content (AvgIpc) is 2.69. The molecule has 18 heavy (non-hydrogen) atoms. The third kappa shape index (κ3) is 4.81. The first-order valence-corrected chi connectivity index (χ1v) is 5.58. The zero-order valence-corrected chi connectivity index (χ0v) is 9.90. The van der Waals surface area contributed by atoms with E-state index in [0.717, 1.165) is 6.42 Å².